The maximum Gasteiger partial charge on any atom is 0.255 e. The van der Waals surface area contributed by atoms with E-state index in [2.05, 4.69) is 15.6 Å². The normalized spacial score (nSPS) is 11.9. The Kier molecular flexibility index (Phi) is 6.25. The molecule has 1 atom stereocenters. The zero-order valence-corrected chi connectivity index (χ0v) is 14.7. The summed E-state index contributed by atoms with van der Waals surface area (Å²) in [6.45, 7) is 5.93. The number of nitrogens with one attached hydrogen (secondary N) is 2. The fourth-order valence-electron chi connectivity index (χ4n) is 2.38. The van der Waals surface area contributed by atoms with E-state index in [0.29, 0.717) is 29.3 Å². The van der Waals surface area contributed by atoms with E-state index in [9.17, 15) is 9.59 Å². The SMILES string of the molecule is Cc1ccc(NC(=O)[C@@H](N)CC(C)C)cc1NC(=O)c1ccncc1. The van der Waals surface area contributed by atoms with Crippen molar-refractivity contribution in [3.8, 4) is 0 Å². The Balaban J connectivity index is 2.09. The third kappa shape index (κ3) is 5.39. The predicted molar refractivity (Wildman–Crippen MR) is 99.4 cm³/mol. The zero-order valence-electron chi connectivity index (χ0n) is 14.7. The minimum atomic E-state index is -0.559. The van der Waals surface area contributed by atoms with Gasteiger partial charge in [-0.05, 0) is 49.1 Å². The molecule has 6 nitrogen and oxygen atoms in total. The van der Waals surface area contributed by atoms with Crippen LogP contribution in [0, 0.1) is 12.8 Å². The first-order chi connectivity index (χ1) is 11.9. The van der Waals surface area contributed by atoms with Crippen LogP contribution in [0.4, 0.5) is 11.4 Å². The quantitative estimate of drug-likeness (QED) is 0.753. The van der Waals surface area contributed by atoms with Crippen molar-refractivity contribution in [2.24, 2.45) is 11.7 Å². The highest BCUT2D eigenvalue weighted by molar-refractivity contribution is 6.05. The molecule has 25 heavy (non-hydrogen) atoms. The van der Waals surface area contributed by atoms with E-state index in [4.69, 9.17) is 5.73 Å². The van der Waals surface area contributed by atoms with Crippen LogP contribution >= 0.6 is 0 Å². The minimum Gasteiger partial charge on any atom is -0.325 e. The van der Waals surface area contributed by atoms with Gasteiger partial charge in [-0.3, -0.25) is 14.6 Å². The first kappa shape index (κ1) is 18.6. The average molecular weight is 340 g/mol. The maximum atomic E-state index is 12.3. The van der Waals surface area contributed by atoms with Crippen molar-refractivity contribution in [1.82, 2.24) is 4.98 Å². The van der Waals surface area contributed by atoms with E-state index < -0.39 is 6.04 Å². The number of pyridine rings is 1. The number of benzene rings is 1. The Bertz CT molecular complexity index is 744. The van der Waals surface area contributed by atoms with E-state index in [1.807, 2.05) is 26.8 Å². The highest BCUT2D eigenvalue weighted by Gasteiger charge is 2.16. The van der Waals surface area contributed by atoms with Gasteiger partial charge in [0.05, 0.1) is 6.04 Å². The summed E-state index contributed by atoms with van der Waals surface area (Å²) < 4.78 is 0. The number of hydrogen-bond acceptors (Lipinski definition) is 4. The number of hydrogen-bond donors (Lipinski definition) is 3. The van der Waals surface area contributed by atoms with E-state index in [-0.39, 0.29) is 11.8 Å². The fourth-order valence-corrected chi connectivity index (χ4v) is 2.38. The van der Waals surface area contributed by atoms with Gasteiger partial charge in [0, 0.05) is 29.3 Å². The summed E-state index contributed by atoms with van der Waals surface area (Å²) in [5.41, 5.74) is 8.55. The molecule has 0 aliphatic rings. The molecule has 1 aromatic heterocycles. The van der Waals surface area contributed by atoms with Crippen LogP contribution in [0.2, 0.25) is 0 Å². The molecule has 0 fully saturated rings. The molecule has 0 saturated carbocycles. The molecule has 0 bridgehead atoms. The standard InChI is InChI=1S/C19H24N4O2/c1-12(2)10-16(20)19(25)22-15-5-4-13(3)17(11-15)23-18(24)14-6-8-21-9-7-14/h4-9,11-12,16H,10,20H2,1-3H3,(H,22,25)(H,23,24)/t16-/m0/s1. The lowest BCUT2D eigenvalue weighted by Crippen LogP contribution is -2.36. The third-order valence-corrected chi connectivity index (χ3v) is 3.76. The maximum absolute atomic E-state index is 12.3. The predicted octanol–water partition coefficient (Wildman–Crippen LogP) is 2.95. The minimum absolute atomic E-state index is 0.231. The Morgan fingerprint density at radius 2 is 1.80 bits per heavy atom. The summed E-state index contributed by atoms with van der Waals surface area (Å²) >= 11 is 0. The van der Waals surface area contributed by atoms with Crippen molar-refractivity contribution in [2.75, 3.05) is 10.6 Å². The van der Waals surface area contributed by atoms with Crippen molar-refractivity contribution < 1.29 is 9.59 Å². The molecule has 2 amide bonds. The molecular formula is C19H24N4O2. The van der Waals surface area contributed by atoms with Gasteiger partial charge in [-0.2, -0.15) is 0 Å². The second-order valence-electron chi connectivity index (χ2n) is 6.45. The van der Waals surface area contributed by atoms with Gasteiger partial charge < -0.3 is 16.4 Å². The van der Waals surface area contributed by atoms with Gasteiger partial charge >= 0.3 is 0 Å². The average Bonchev–Trinajstić information content (AvgIpc) is 2.58. The van der Waals surface area contributed by atoms with Gasteiger partial charge in [-0.1, -0.05) is 19.9 Å². The van der Waals surface area contributed by atoms with E-state index in [1.165, 1.54) is 0 Å². The van der Waals surface area contributed by atoms with Crippen LogP contribution in [0.5, 0.6) is 0 Å². The molecule has 0 aliphatic carbocycles. The van der Waals surface area contributed by atoms with Crippen LogP contribution in [-0.4, -0.2) is 22.8 Å². The number of rotatable bonds is 6. The topological polar surface area (TPSA) is 97.1 Å². The molecule has 0 aliphatic heterocycles. The van der Waals surface area contributed by atoms with Crippen molar-refractivity contribution in [1.29, 1.82) is 0 Å². The highest BCUT2D eigenvalue weighted by Crippen LogP contribution is 2.21. The number of aromatic nitrogens is 1. The fraction of sp³-hybridized carbons (Fsp3) is 0.316. The number of anilines is 2. The summed E-state index contributed by atoms with van der Waals surface area (Å²) in [6, 6.07) is 8.08. The number of amides is 2. The first-order valence-corrected chi connectivity index (χ1v) is 8.25. The molecule has 0 saturated heterocycles. The lowest BCUT2D eigenvalue weighted by Gasteiger charge is -2.15. The second kappa shape index (κ2) is 8.39. The van der Waals surface area contributed by atoms with Gasteiger partial charge in [-0.15, -0.1) is 0 Å². The van der Waals surface area contributed by atoms with Gasteiger partial charge in [0.15, 0.2) is 0 Å². The number of aryl methyl sites for hydroxylation is 1. The molecule has 2 rings (SSSR count). The lowest BCUT2D eigenvalue weighted by molar-refractivity contribution is -0.117. The Morgan fingerprint density at radius 3 is 2.44 bits per heavy atom. The summed E-state index contributed by atoms with van der Waals surface area (Å²) in [5, 5.41) is 5.65. The second-order valence-corrected chi connectivity index (χ2v) is 6.45. The molecule has 6 heteroatoms. The van der Waals surface area contributed by atoms with E-state index in [1.54, 1.807) is 36.7 Å². The van der Waals surface area contributed by atoms with E-state index >= 15 is 0 Å². The summed E-state index contributed by atoms with van der Waals surface area (Å²) in [7, 11) is 0. The number of nitrogens with two attached hydrogens (primary N) is 1. The molecule has 4 N–H and O–H groups in total. The first-order valence-electron chi connectivity index (χ1n) is 8.25. The van der Waals surface area contributed by atoms with Crippen molar-refractivity contribution in [3.63, 3.8) is 0 Å². The van der Waals surface area contributed by atoms with Crippen LogP contribution in [0.25, 0.3) is 0 Å². The van der Waals surface area contributed by atoms with Crippen LogP contribution in [0.15, 0.2) is 42.7 Å². The van der Waals surface area contributed by atoms with Crippen LogP contribution < -0.4 is 16.4 Å². The van der Waals surface area contributed by atoms with Gasteiger partial charge in [0.25, 0.3) is 5.91 Å². The summed E-state index contributed by atoms with van der Waals surface area (Å²) in [4.78, 5) is 28.3. The number of carbonyl (C=O) groups is 2. The van der Waals surface area contributed by atoms with Crippen molar-refractivity contribution in [3.05, 3.63) is 53.9 Å². The van der Waals surface area contributed by atoms with Gasteiger partial charge in [-0.25, -0.2) is 0 Å². The highest BCUT2D eigenvalue weighted by atomic mass is 16.2. The lowest BCUT2D eigenvalue weighted by atomic mass is 10.0. The molecule has 1 aromatic carbocycles. The molecular weight excluding hydrogens is 316 g/mol. The Morgan fingerprint density at radius 1 is 1.12 bits per heavy atom. The Labute approximate surface area is 147 Å². The number of nitrogens with zero attached hydrogens (tertiary/aromatic N) is 1. The third-order valence-electron chi connectivity index (χ3n) is 3.76. The monoisotopic (exact) mass is 340 g/mol. The van der Waals surface area contributed by atoms with Crippen LogP contribution in [0.1, 0.15) is 36.2 Å². The van der Waals surface area contributed by atoms with E-state index in [0.717, 1.165) is 5.56 Å². The molecule has 0 spiro atoms. The smallest absolute Gasteiger partial charge is 0.255 e. The molecule has 1 heterocycles. The van der Waals surface area contributed by atoms with Crippen molar-refractivity contribution >= 4 is 23.2 Å². The Hall–Kier alpha value is -2.73. The molecule has 0 radical (unpaired) electrons. The zero-order chi connectivity index (χ0) is 18.4. The van der Waals surface area contributed by atoms with Gasteiger partial charge in [0.1, 0.15) is 0 Å². The molecule has 2 aromatic rings. The van der Waals surface area contributed by atoms with Gasteiger partial charge in [0.2, 0.25) is 5.91 Å². The largest absolute Gasteiger partial charge is 0.325 e. The summed E-state index contributed by atoms with van der Waals surface area (Å²) in [6.07, 6.45) is 3.74. The number of carbonyl (C=O) groups excluding carboxylic acids is 2. The molecule has 132 valence electrons. The summed E-state index contributed by atoms with van der Waals surface area (Å²) in [5.74, 6) is -0.122. The van der Waals surface area contributed by atoms with Crippen molar-refractivity contribution in [2.45, 2.75) is 33.2 Å². The van der Waals surface area contributed by atoms with Crippen LogP contribution in [0.3, 0.4) is 0 Å². The van der Waals surface area contributed by atoms with Crippen LogP contribution in [-0.2, 0) is 4.79 Å². The molecule has 0 unspecified atom stereocenters.